The van der Waals surface area contributed by atoms with Crippen LogP contribution in [0.1, 0.15) is 39.5 Å². The van der Waals surface area contributed by atoms with Gasteiger partial charge in [-0.05, 0) is 31.6 Å². The maximum Gasteiger partial charge on any atom is 0.0238 e. The van der Waals surface area contributed by atoms with Gasteiger partial charge in [0.15, 0.2) is 0 Å². The molecule has 0 spiro atoms. The lowest BCUT2D eigenvalue weighted by molar-refractivity contribution is 0.331. The van der Waals surface area contributed by atoms with Gasteiger partial charge in [-0.1, -0.05) is 13.3 Å². The summed E-state index contributed by atoms with van der Waals surface area (Å²) in [6.45, 7) is 4.42. The Morgan fingerprint density at radius 1 is 1.60 bits per heavy atom. The largest absolute Gasteiger partial charge is 0.271 e. The zero-order chi connectivity index (χ0) is 7.61. The third-order valence-corrected chi connectivity index (χ3v) is 2.81. The first-order chi connectivity index (χ1) is 4.75. The lowest BCUT2D eigenvalue weighted by atomic mass is 9.93. The van der Waals surface area contributed by atoms with Gasteiger partial charge in [-0.15, -0.1) is 0 Å². The number of nitrogens with two attached hydrogens (primary N) is 1. The minimum absolute atomic E-state index is 0.507. The molecule has 0 radical (unpaired) electrons. The van der Waals surface area contributed by atoms with E-state index in [-0.39, 0.29) is 0 Å². The van der Waals surface area contributed by atoms with Crippen molar-refractivity contribution in [1.82, 2.24) is 5.43 Å². The summed E-state index contributed by atoms with van der Waals surface area (Å²) in [5.41, 5.74) is 3.43. The van der Waals surface area contributed by atoms with Crippen molar-refractivity contribution < 1.29 is 0 Å². The van der Waals surface area contributed by atoms with Crippen LogP contribution in [0.4, 0.5) is 0 Å². The normalized spacial score (nSPS) is 24.3. The standard InChI is InChI=1S/C8H18N2/c1-3-4-8(5-6-8)7(2)10-9/h7,10H,3-6,9H2,1-2H3. The van der Waals surface area contributed by atoms with Crippen LogP contribution in [0.15, 0.2) is 0 Å². The average Bonchev–Trinajstić information content (AvgIpc) is 2.69. The van der Waals surface area contributed by atoms with Crippen molar-refractivity contribution in [3.63, 3.8) is 0 Å². The highest BCUT2D eigenvalue weighted by atomic mass is 15.2. The Kier molecular flexibility index (Phi) is 2.32. The van der Waals surface area contributed by atoms with E-state index < -0.39 is 0 Å². The number of hydrogen-bond donors (Lipinski definition) is 2. The van der Waals surface area contributed by atoms with E-state index in [0.29, 0.717) is 11.5 Å². The molecule has 1 fully saturated rings. The minimum atomic E-state index is 0.507. The third-order valence-electron chi connectivity index (χ3n) is 2.81. The zero-order valence-corrected chi connectivity index (χ0v) is 6.98. The topological polar surface area (TPSA) is 38.0 Å². The highest BCUT2D eigenvalue weighted by Crippen LogP contribution is 2.52. The van der Waals surface area contributed by atoms with Crippen LogP contribution >= 0.6 is 0 Å². The molecular weight excluding hydrogens is 124 g/mol. The second-order valence-corrected chi connectivity index (χ2v) is 3.50. The number of rotatable bonds is 4. The number of hydrazine groups is 1. The van der Waals surface area contributed by atoms with Gasteiger partial charge >= 0.3 is 0 Å². The van der Waals surface area contributed by atoms with Gasteiger partial charge in [0.2, 0.25) is 0 Å². The molecule has 1 unspecified atom stereocenters. The molecule has 1 aliphatic rings. The summed E-state index contributed by atoms with van der Waals surface area (Å²) in [7, 11) is 0. The van der Waals surface area contributed by atoms with Gasteiger partial charge in [-0.2, -0.15) is 0 Å². The summed E-state index contributed by atoms with van der Waals surface area (Å²) in [5, 5.41) is 0. The molecule has 0 aromatic rings. The maximum absolute atomic E-state index is 5.38. The highest BCUT2D eigenvalue weighted by molar-refractivity contribution is 4.99. The van der Waals surface area contributed by atoms with Crippen LogP contribution in [0, 0.1) is 5.41 Å². The Morgan fingerprint density at radius 2 is 2.20 bits per heavy atom. The van der Waals surface area contributed by atoms with Crippen LogP contribution in [0.3, 0.4) is 0 Å². The zero-order valence-electron chi connectivity index (χ0n) is 6.98. The molecule has 0 heterocycles. The summed E-state index contributed by atoms with van der Waals surface area (Å²) in [5.74, 6) is 5.38. The molecule has 1 atom stereocenters. The second-order valence-electron chi connectivity index (χ2n) is 3.50. The first-order valence-electron chi connectivity index (χ1n) is 4.21. The molecule has 0 amide bonds. The quantitative estimate of drug-likeness (QED) is 0.460. The summed E-state index contributed by atoms with van der Waals surface area (Å²) < 4.78 is 0. The van der Waals surface area contributed by atoms with Crippen LogP contribution < -0.4 is 11.3 Å². The predicted octanol–water partition coefficient (Wildman–Crippen LogP) is 1.42. The molecule has 10 heavy (non-hydrogen) atoms. The van der Waals surface area contributed by atoms with Gasteiger partial charge in [0.25, 0.3) is 0 Å². The van der Waals surface area contributed by atoms with Crippen molar-refractivity contribution in [3.05, 3.63) is 0 Å². The molecule has 2 heteroatoms. The average molecular weight is 142 g/mol. The maximum atomic E-state index is 5.38. The molecule has 0 saturated heterocycles. The van der Waals surface area contributed by atoms with Gasteiger partial charge in [0.05, 0.1) is 0 Å². The fraction of sp³-hybridized carbons (Fsp3) is 1.00. The summed E-state index contributed by atoms with van der Waals surface area (Å²) in [6, 6.07) is 0.507. The Balaban J connectivity index is 2.35. The first kappa shape index (κ1) is 8.02. The van der Waals surface area contributed by atoms with Crippen molar-refractivity contribution >= 4 is 0 Å². The molecule has 0 aliphatic heterocycles. The fourth-order valence-electron chi connectivity index (χ4n) is 1.73. The lowest BCUT2D eigenvalue weighted by Crippen LogP contribution is -2.39. The molecule has 3 N–H and O–H groups in total. The van der Waals surface area contributed by atoms with Crippen molar-refractivity contribution in [3.8, 4) is 0 Å². The van der Waals surface area contributed by atoms with E-state index >= 15 is 0 Å². The Bertz CT molecular complexity index is 108. The van der Waals surface area contributed by atoms with Crippen molar-refractivity contribution in [2.45, 2.75) is 45.6 Å². The Morgan fingerprint density at radius 3 is 2.50 bits per heavy atom. The third kappa shape index (κ3) is 1.32. The molecule has 0 bridgehead atoms. The van der Waals surface area contributed by atoms with Crippen LogP contribution in [-0.4, -0.2) is 6.04 Å². The highest BCUT2D eigenvalue weighted by Gasteiger charge is 2.45. The first-order valence-corrected chi connectivity index (χ1v) is 4.21. The number of nitrogens with one attached hydrogen (secondary N) is 1. The summed E-state index contributed by atoms with van der Waals surface area (Å²) in [4.78, 5) is 0. The second kappa shape index (κ2) is 2.89. The summed E-state index contributed by atoms with van der Waals surface area (Å²) >= 11 is 0. The van der Waals surface area contributed by atoms with Crippen LogP contribution in [0.25, 0.3) is 0 Å². The van der Waals surface area contributed by atoms with Crippen LogP contribution in [0.5, 0.6) is 0 Å². The molecule has 0 aromatic heterocycles. The molecule has 60 valence electrons. The molecule has 1 saturated carbocycles. The SMILES string of the molecule is CCCC1(C(C)NN)CC1. The lowest BCUT2D eigenvalue weighted by Gasteiger charge is -2.21. The van der Waals surface area contributed by atoms with Crippen molar-refractivity contribution in [2.24, 2.45) is 11.3 Å². The van der Waals surface area contributed by atoms with E-state index in [0.717, 1.165) is 0 Å². The van der Waals surface area contributed by atoms with E-state index in [2.05, 4.69) is 19.3 Å². The van der Waals surface area contributed by atoms with E-state index in [9.17, 15) is 0 Å². The van der Waals surface area contributed by atoms with E-state index in [1.165, 1.54) is 25.7 Å². The molecule has 1 rings (SSSR count). The molecule has 1 aliphatic carbocycles. The number of hydrogen-bond acceptors (Lipinski definition) is 2. The molecular formula is C8H18N2. The van der Waals surface area contributed by atoms with Crippen molar-refractivity contribution in [2.75, 3.05) is 0 Å². The van der Waals surface area contributed by atoms with Gasteiger partial charge in [-0.3, -0.25) is 11.3 Å². The van der Waals surface area contributed by atoms with Gasteiger partial charge < -0.3 is 0 Å². The Hall–Kier alpha value is -0.0800. The monoisotopic (exact) mass is 142 g/mol. The Labute approximate surface area is 63.1 Å². The van der Waals surface area contributed by atoms with Gasteiger partial charge in [0.1, 0.15) is 0 Å². The van der Waals surface area contributed by atoms with E-state index in [1.54, 1.807) is 0 Å². The van der Waals surface area contributed by atoms with E-state index in [1.807, 2.05) is 0 Å². The van der Waals surface area contributed by atoms with Gasteiger partial charge in [-0.25, -0.2) is 0 Å². The van der Waals surface area contributed by atoms with Gasteiger partial charge in [0, 0.05) is 6.04 Å². The van der Waals surface area contributed by atoms with Crippen LogP contribution in [0.2, 0.25) is 0 Å². The molecule has 0 aromatic carbocycles. The predicted molar refractivity (Wildman–Crippen MR) is 43.4 cm³/mol. The summed E-state index contributed by atoms with van der Waals surface area (Å²) in [6.07, 6.45) is 5.35. The molecule has 2 nitrogen and oxygen atoms in total. The smallest absolute Gasteiger partial charge is 0.0238 e. The van der Waals surface area contributed by atoms with Crippen molar-refractivity contribution in [1.29, 1.82) is 0 Å². The van der Waals surface area contributed by atoms with E-state index in [4.69, 9.17) is 5.84 Å². The minimum Gasteiger partial charge on any atom is -0.271 e. The van der Waals surface area contributed by atoms with Crippen LogP contribution in [-0.2, 0) is 0 Å². The fourth-order valence-corrected chi connectivity index (χ4v) is 1.73.